The number of aromatic amines is 1. The first-order chi connectivity index (χ1) is 14.0. The zero-order valence-electron chi connectivity index (χ0n) is 15.9. The molecule has 4 rings (SSSR count). The summed E-state index contributed by atoms with van der Waals surface area (Å²) in [5.41, 5.74) is 6.64. The Morgan fingerprint density at radius 1 is 1.21 bits per heavy atom. The molecule has 0 unspecified atom stereocenters. The second-order valence-electron chi connectivity index (χ2n) is 6.51. The van der Waals surface area contributed by atoms with Crippen molar-refractivity contribution in [3.63, 3.8) is 0 Å². The zero-order chi connectivity index (χ0) is 20.4. The number of aryl methyl sites for hydroxylation is 1. The predicted octanol–water partition coefficient (Wildman–Crippen LogP) is 2.71. The highest BCUT2D eigenvalue weighted by Crippen LogP contribution is 2.24. The van der Waals surface area contributed by atoms with E-state index >= 15 is 0 Å². The van der Waals surface area contributed by atoms with Gasteiger partial charge in [0.15, 0.2) is 0 Å². The van der Waals surface area contributed by atoms with Crippen LogP contribution in [0.4, 0.5) is 5.95 Å². The summed E-state index contributed by atoms with van der Waals surface area (Å²) in [6.07, 6.45) is 6.66. The number of hydrogen-bond acceptors (Lipinski definition) is 6. The smallest absolute Gasteiger partial charge is 0.252 e. The van der Waals surface area contributed by atoms with Gasteiger partial charge in [0.05, 0.1) is 17.4 Å². The van der Waals surface area contributed by atoms with Crippen molar-refractivity contribution >= 4 is 23.5 Å². The number of anilines is 1. The molecule has 4 aromatic heterocycles. The number of carbonyl (C=O) groups excluding carboxylic acids is 1. The molecule has 0 amide bonds. The predicted molar refractivity (Wildman–Crippen MR) is 111 cm³/mol. The number of rotatable bonds is 5. The lowest BCUT2D eigenvalue weighted by molar-refractivity contribution is 0.103. The molecule has 0 saturated heterocycles. The number of ketones is 1. The minimum absolute atomic E-state index is 0.0941. The maximum atomic E-state index is 13.1. The molecule has 0 atom stereocenters. The van der Waals surface area contributed by atoms with Gasteiger partial charge in [-0.05, 0) is 43.7 Å². The molecule has 4 heterocycles. The first kappa shape index (κ1) is 18.3. The average Bonchev–Trinajstić information content (AvgIpc) is 2.99. The maximum Gasteiger partial charge on any atom is 0.252 e. The number of fused-ring (bicyclic) bond motifs is 1. The quantitative estimate of drug-likeness (QED) is 0.312. The Kier molecular flexibility index (Phi) is 4.74. The second-order valence-corrected chi connectivity index (χ2v) is 6.51. The van der Waals surface area contributed by atoms with E-state index in [1.807, 2.05) is 35.7 Å². The lowest BCUT2D eigenvalue weighted by atomic mass is 10.1. The first-order valence-electron chi connectivity index (χ1n) is 8.96. The van der Waals surface area contributed by atoms with Crippen LogP contribution in [-0.4, -0.2) is 31.4 Å². The normalized spacial score (nSPS) is 11.2. The molecule has 8 nitrogen and oxygen atoms in total. The van der Waals surface area contributed by atoms with E-state index in [-0.39, 0.29) is 17.3 Å². The molecule has 0 aromatic carbocycles. The summed E-state index contributed by atoms with van der Waals surface area (Å²) in [5, 5.41) is 4.21. The van der Waals surface area contributed by atoms with Gasteiger partial charge in [-0.25, -0.2) is 10.4 Å². The summed E-state index contributed by atoms with van der Waals surface area (Å²) < 4.78 is 1.85. The van der Waals surface area contributed by atoms with Gasteiger partial charge >= 0.3 is 0 Å². The summed E-state index contributed by atoms with van der Waals surface area (Å²) in [4.78, 5) is 35.4. The van der Waals surface area contributed by atoms with Crippen LogP contribution in [0, 0.1) is 13.8 Å². The Morgan fingerprint density at radius 3 is 2.76 bits per heavy atom. The minimum atomic E-state index is -0.258. The monoisotopic (exact) mass is 386 g/mol. The van der Waals surface area contributed by atoms with Gasteiger partial charge in [0.2, 0.25) is 11.7 Å². The van der Waals surface area contributed by atoms with Gasteiger partial charge in [-0.15, -0.1) is 0 Å². The third-order valence-electron chi connectivity index (χ3n) is 4.53. The maximum absolute atomic E-state index is 13.1. The fraction of sp³-hybridized carbons (Fsp3) is 0.0952. The van der Waals surface area contributed by atoms with Crippen LogP contribution in [0.15, 0.2) is 64.9 Å². The molecule has 0 aliphatic heterocycles. The van der Waals surface area contributed by atoms with Crippen molar-refractivity contribution in [1.82, 2.24) is 19.4 Å². The van der Waals surface area contributed by atoms with E-state index in [2.05, 4.69) is 25.5 Å². The van der Waals surface area contributed by atoms with E-state index in [4.69, 9.17) is 0 Å². The Morgan fingerprint density at radius 2 is 2.00 bits per heavy atom. The molecule has 0 radical (unpaired) electrons. The molecule has 0 bridgehead atoms. The van der Waals surface area contributed by atoms with Gasteiger partial charge in [0.1, 0.15) is 0 Å². The van der Waals surface area contributed by atoms with E-state index in [1.165, 1.54) is 6.07 Å². The SMILES string of the molecule is Cc1cc(=O)[nH]c(NN=Cc2c(C)c(C(=O)c3ccncc3)n3ccccc23)n1. The van der Waals surface area contributed by atoms with Gasteiger partial charge in [0.25, 0.3) is 5.56 Å². The van der Waals surface area contributed by atoms with Gasteiger partial charge in [-0.2, -0.15) is 5.10 Å². The fourth-order valence-corrected chi connectivity index (χ4v) is 3.23. The van der Waals surface area contributed by atoms with E-state index in [1.54, 1.807) is 37.7 Å². The molecular formula is C21H18N6O2. The van der Waals surface area contributed by atoms with Crippen molar-refractivity contribution < 1.29 is 4.79 Å². The highest BCUT2D eigenvalue weighted by Gasteiger charge is 2.20. The van der Waals surface area contributed by atoms with Crippen molar-refractivity contribution in [3.05, 3.63) is 93.4 Å². The fourth-order valence-electron chi connectivity index (χ4n) is 3.23. The van der Waals surface area contributed by atoms with Crippen molar-refractivity contribution in [2.45, 2.75) is 13.8 Å². The molecule has 0 spiro atoms. The van der Waals surface area contributed by atoms with Crippen molar-refractivity contribution in [3.8, 4) is 0 Å². The summed E-state index contributed by atoms with van der Waals surface area (Å²) in [6.45, 7) is 3.61. The summed E-state index contributed by atoms with van der Waals surface area (Å²) in [7, 11) is 0. The third kappa shape index (κ3) is 3.55. The number of hydrazone groups is 1. The summed E-state index contributed by atoms with van der Waals surface area (Å²) in [6, 6.07) is 10.5. The molecule has 29 heavy (non-hydrogen) atoms. The number of H-pyrrole nitrogens is 1. The average molecular weight is 386 g/mol. The molecule has 0 aliphatic carbocycles. The molecular weight excluding hydrogens is 368 g/mol. The Bertz CT molecular complexity index is 1290. The van der Waals surface area contributed by atoms with Crippen LogP contribution in [0.1, 0.15) is 32.9 Å². The largest absolute Gasteiger partial charge is 0.313 e. The van der Waals surface area contributed by atoms with E-state index in [9.17, 15) is 9.59 Å². The van der Waals surface area contributed by atoms with Crippen LogP contribution in [0.5, 0.6) is 0 Å². The number of carbonyl (C=O) groups is 1. The summed E-state index contributed by atoms with van der Waals surface area (Å²) in [5.74, 6) is 0.156. The summed E-state index contributed by atoms with van der Waals surface area (Å²) >= 11 is 0. The second kappa shape index (κ2) is 7.51. The van der Waals surface area contributed by atoms with Gasteiger partial charge < -0.3 is 4.40 Å². The van der Waals surface area contributed by atoms with Crippen molar-refractivity contribution in [2.24, 2.45) is 5.10 Å². The van der Waals surface area contributed by atoms with Crippen LogP contribution in [0.3, 0.4) is 0 Å². The van der Waals surface area contributed by atoms with Crippen molar-refractivity contribution in [1.29, 1.82) is 0 Å². The topological polar surface area (TPSA) is 105 Å². The Hall–Kier alpha value is -4.07. The number of nitrogens with zero attached hydrogens (tertiary/aromatic N) is 4. The standard InChI is InChI=1S/C21H18N6O2/c1-13-11-18(28)25-21(24-13)26-23-12-16-14(2)19(27-10-4-3-5-17(16)27)20(29)15-6-8-22-9-7-15/h3-12H,1-2H3,(H2,24,25,26,28). The highest BCUT2D eigenvalue weighted by atomic mass is 16.1. The van der Waals surface area contributed by atoms with Gasteiger partial charge in [-0.3, -0.25) is 19.6 Å². The Balaban J connectivity index is 1.74. The van der Waals surface area contributed by atoms with E-state index < -0.39 is 0 Å². The van der Waals surface area contributed by atoms with Gasteiger partial charge in [-0.1, -0.05) is 6.07 Å². The number of aromatic nitrogens is 4. The van der Waals surface area contributed by atoms with Gasteiger partial charge in [0, 0.05) is 41.5 Å². The number of nitrogens with one attached hydrogen (secondary N) is 2. The minimum Gasteiger partial charge on any atom is -0.313 e. The van der Waals surface area contributed by atoms with Crippen molar-refractivity contribution in [2.75, 3.05) is 5.43 Å². The van der Waals surface area contributed by atoms with Crippen LogP contribution < -0.4 is 11.0 Å². The molecule has 8 heteroatoms. The molecule has 0 fully saturated rings. The van der Waals surface area contributed by atoms with Crippen LogP contribution in [-0.2, 0) is 0 Å². The molecule has 4 aromatic rings. The first-order valence-corrected chi connectivity index (χ1v) is 8.96. The van der Waals surface area contributed by atoms with Crippen LogP contribution >= 0.6 is 0 Å². The Labute approximate surface area is 166 Å². The lowest BCUT2D eigenvalue weighted by Gasteiger charge is -2.03. The van der Waals surface area contributed by atoms with E-state index in [0.717, 1.165) is 16.6 Å². The lowest BCUT2D eigenvalue weighted by Crippen LogP contribution is -2.10. The number of hydrogen-bond donors (Lipinski definition) is 2. The molecule has 144 valence electrons. The molecule has 0 aliphatic rings. The highest BCUT2D eigenvalue weighted by molar-refractivity contribution is 6.11. The van der Waals surface area contributed by atoms with Crippen LogP contribution in [0.2, 0.25) is 0 Å². The number of pyridine rings is 2. The van der Waals surface area contributed by atoms with E-state index in [0.29, 0.717) is 17.0 Å². The molecule has 0 saturated carbocycles. The van der Waals surface area contributed by atoms with Crippen LogP contribution in [0.25, 0.3) is 5.52 Å². The third-order valence-corrected chi connectivity index (χ3v) is 4.53. The zero-order valence-corrected chi connectivity index (χ0v) is 15.9. The molecule has 2 N–H and O–H groups in total.